The minimum Gasteiger partial charge on any atom is -0.469 e. The summed E-state index contributed by atoms with van der Waals surface area (Å²) in [5, 5.41) is 6.47. The molecule has 2 saturated heterocycles. The molecule has 4 atom stereocenters. The molecule has 6 nitrogen and oxygen atoms in total. The maximum atomic E-state index is 11.1. The van der Waals surface area contributed by atoms with Gasteiger partial charge in [-0.1, -0.05) is 13.8 Å². The molecule has 6 heteroatoms. The van der Waals surface area contributed by atoms with Crippen molar-refractivity contribution in [2.45, 2.75) is 26.7 Å². The Bertz CT molecular complexity index is 328. The van der Waals surface area contributed by atoms with Crippen molar-refractivity contribution in [2.75, 3.05) is 40.4 Å². The minimum atomic E-state index is -0.0565. The van der Waals surface area contributed by atoms with Crippen LogP contribution in [0, 0.1) is 23.7 Å². The molecule has 0 aromatic carbocycles. The molecule has 0 saturated carbocycles. The maximum Gasteiger partial charge on any atom is 0.309 e. The number of piperidine rings is 2. The Kier molecular flexibility index (Phi) is 8.42. The van der Waals surface area contributed by atoms with E-state index in [1.165, 1.54) is 14.2 Å². The highest BCUT2D eigenvalue weighted by Crippen LogP contribution is 2.20. The number of methoxy groups -OCH3 is 2. The third-order valence-electron chi connectivity index (χ3n) is 4.58. The van der Waals surface area contributed by atoms with Gasteiger partial charge in [0.2, 0.25) is 0 Å². The van der Waals surface area contributed by atoms with E-state index in [2.05, 4.69) is 24.5 Å². The van der Waals surface area contributed by atoms with Gasteiger partial charge in [0.25, 0.3) is 0 Å². The molecule has 22 heavy (non-hydrogen) atoms. The molecule has 2 fully saturated rings. The van der Waals surface area contributed by atoms with Crippen LogP contribution in [0.5, 0.6) is 0 Å². The molecule has 0 radical (unpaired) electrons. The van der Waals surface area contributed by atoms with Gasteiger partial charge in [0.15, 0.2) is 0 Å². The number of hydrogen-bond donors (Lipinski definition) is 2. The van der Waals surface area contributed by atoms with Crippen LogP contribution in [0.1, 0.15) is 26.7 Å². The third kappa shape index (κ3) is 5.57. The molecule has 0 aliphatic carbocycles. The van der Waals surface area contributed by atoms with E-state index in [0.29, 0.717) is 11.8 Å². The fourth-order valence-electron chi connectivity index (χ4n) is 3.03. The van der Waals surface area contributed by atoms with Crippen LogP contribution in [0.3, 0.4) is 0 Å². The molecule has 2 aliphatic heterocycles. The predicted molar refractivity (Wildman–Crippen MR) is 84.3 cm³/mol. The SMILES string of the molecule is COC(=O)C1CCNCC1C.COC(=O)C1CCNCC1C. The van der Waals surface area contributed by atoms with Gasteiger partial charge in [-0.15, -0.1) is 0 Å². The van der Waals surface area contributed by atoms with E-state index in [-0.39, 0.29) is 23.8 Å². The third-order valence-corrected chi connectivity index (χ3v) is 4.58. The number of ether oxygens (including phenoxy) is 2. The number of hydrogen-bond acceptors (Lipinski definition) is 6. The first-order valence-corrected chi connectivity index (χ1v) is 8.08. The Morgan fingerprint density at radius 1 is 0.818 bits per heavy atom. The topological polar surface area (TPSA) is 76.7 Å². The molecule has 0 aromatic rings. The molecule has 0 bridgehead atoms. The quantitative estimate of drug-likeness (QED) is 0.735. The summed E-state index contributed by atoms with van der Waals surface area (Å²) in [4.78, 5) is 22.3. The second-order valence-corrected chi connectivity index (χ2v) is 6.20. The van der Waals surface area contributed by atoms with Crippen molar-refractivity contribution in [3.63, 3.8) is 0 Å². The van der Waals surface area contributed by atoms with Gasteiger partial charge in [0, 0.05) is 0 Å². The molecule has 4 unspecified atom stereocenters. The number of rotatable bonds is 2. The molecule has 0 amide bonds. The Labute approximate surface area is 133 Å². The average Bonchev–Trinajstić information content (AvgIpc) is 2.55. The lowest BCUT2D eigenvalue weighted by molar-refractivity contribution is -0.148. The Hall–Kier alpha value is -1.14. The van der Waals surface area contributed by atoms with Gasteiger partial charge in [-0.2, -0.15) is 0 Å². The summed E-state index contributed by atoms with van der Waals surface area (Å²) >= 11 is 0. The van der Waals surface area contributed by atoms with Crippen LogP contribution in [-0.2, 0) is 19.1 Å². The lowest BCUT2D eigenvalue weighted by atomic mass is 9.88. The highest BCUT2D eigenvalue weighted by molar-refractivity contribution is 5.73. The first kappa shape index (κ1) is 18.9. The number of nitrogens with one attached hydrogen (secondary N) is 2. The lowest BCUT2D eigenvalue weighted by Crippen LogP contribution is -2.39. The van der Waals surface area contributed by atoms with Crippen LogP contribution < -0.4 is 10.6 Å². The van der Waals surface area contributed by atoms with E-state index >= 15 is 0 Å². The van der Waals surface area contributed by atoms with Crippen molar-refractivity contribution in [2.24, 2.45) is 23.7 Å². The second-order valence-electron chi connectivity index (χ2n) is 6.20. The molecule has 2 N–H and O–H groups in total. The number of carbonyl (C=O) groups is 2. The van der Waals surface area contributed by atoms with E-state index in [0.717, 1.165) is 39.0 Å². The highest BCUT2D eigenvalue weighted by Gasteiger charge is 2.28. The summed E-state index contributed by atoms with van der Waals surface area (Å²) in [6.07, 6.45) is 1.82. The monoisotopic (exact) mass is 314 g/mol. The van der Waals surface area contributed by atoms with Crippen LogP contribution in [-0.4, -0.2) is 52.3 Å². The highest BCUT2D eigenvalue weighted by atomic mass is 16.5. The van der Waals surface area contributed by atoms with Gasteiger partial charge in [0.05, 0.1) is 26.1 Å². The Balaban J connectivity index is 0.000000220. The summed E-state index contributed by atoms with van der Waals surface area (Å²) in [5.41, 5.74) is 0. The largest absolute Gasteiger partial charge is 0.469 e. The Morgan fingerprint density at radius 3 is 1.45 bits per heavy atom. The van der Waals surface area contributed by atoms with E-state index in [1.807, 2.05) is 0 Å². The van der Waals surface area contributed by atoms with Crippen molar-refractivity contribution in [1.82, 2.24) is 10.6 Å². The minimum absolute atomic E-state index is 0.0565. The Morgan fingerprint density at radius 2 is 1.18 bits per heavy atom. The lowest BCUT2D eigenvalue weighted by Gasteiger charge is -2.26. The molecule has 0 aromatic heterocycles. The predicted octanol–water partition coefficient (Wildman–Crippen LogP) is 0.810. The van der Waals surface area contributed by atoms with Crippen LogP contribution in [0.2, 0.25) is 0 Å². The van der Waals surface area contributed by atoms with Crippen molar-refractivity contribution in [1.29, 1.82) is 0 Å². The molecule has 0 spiro atoms. The van der Waals surface area contributed by atoms with E-state index in [9.17, 15) is 9.59 Å². The van der Waals surface area contributed by atoms with Crippen LogP contribution in [0.25, 0.3) is 0 Å². The standard InChI is InChI=1S/2C8H15NO2/c2*1-6-5-9-4-3-7(6)8(10)11-2/h2*6-7,9H,3-5H2,1-2H3. The fraction of sp³-hybridized carbons (Fsp3) is 0.875. The zero-order valence-electron chi connectivity index (χ0n) is 14.2. The van der Waals surface area contributed by atoms with Gasteiger partial charge in [-0.25, -0.2) is 0 Å². The first-order valence-electron chi connectivity index (χ1n) is 8.08. The summed E-state index contributed by atoms with van der Waals surface area (Å²) in [7, 11) is 2.91. The van der Waals surface area contributed by atoms with Crippen LogP contribution in [0.4, 0.5) is 0 Å². The van der Waals surface area contributed by atoms with E-state index < -0.39 is 0 Å². The second kappa shape index (κ2) is 9.79. The van der Waals surface area contributed by atoms with Gasteiger partial charge < -0.3 is 20.1 Å². The average molecular weight is 314 g/mol. The summed E-state index contributed by atoms with van der Waals surface area (Å²) in [6, 6.07) is 0. The molecule has 2 heterocycles. The van der Waals surface area contributed by atoms with Gasteiger partial charge in [-0.05, 0) is 50.9 Å². The summed E-state index contributed by atoms with van der Waals surface area (Å²) in [5.74, 6) is 0.938. The van der Waals surface area contributed by atoms with Gasteiger partial charge in [0.1, 0.15) is 0 Å². The molecule has 128 valence electrons. The zero-order chi connectivity index (χ0) is 16.5. The summed E-state index contributed by atoms with van der Waals surface area (Å²) in [6.45, 7) is 7.88. The van der Waals surface area contributed by atoms with Gasteiger partial charge in [-0.3, -0.25) is 9.59 Å². The smallest absolute Gasteiger partial charge is 0.309 e. The normalized spacial score (nSPS) is 31.5. The first-order chi connectivity index (χ1) is 10.5. The van der Waals surface area contributed by atoms with Crippen LogP contribution in [0.15, 0.2) is 0 Å². The van der Waals surface area contributed by atoms with E-state index in [1.54, 1.807) is 0 Å². The maximum absolute atomic E-state index is 11.1. The van der Waals surface area contributed by atoms with Gasteiger partial charge >= 0.3 is 11.9 Å². The van der Waals surface area contributed by atoms with E-state index in [4.69, 9.17) is 9.47 Å². The number of carbonyl (C=O) groups excluding carboxylic acids is 2. The summed E-state index contributed by atoms with van der Waals surface area (Å²) < 4.78 is 9.39. The molecule has 2 rings (SSSR count). The molecular weight excluding hydrogens is 284 g/mol. The zero-order valence-corrected chi connectivity index (χ0v) is 14.2. The number of esters is 2. The molecule has 2 aliphatic rings. The van der Waals surface area contributed by atoms with Crippen LogP contribution >= 0.6 is 0 Å². The van der Waals surface area contributed by atoms with Crippen molar-refractivity contribution in [3.05, 3.63) is 0 Å². The van der Waals surface area contributed by atoms with Crippen molar-refractivity contribution in [3.8, 4) is 0 Å². The molecular formula is C16H30N2O4. The van der Waals surface area contributed by atoms with Crippen molar-refractivity contribution >= 4 is 11.9 Å². The fourth-order valence-corrected chi connectivity index (χ4v) is 3.03. The van der Waals surface area contributed by atoms with Crippen molar-refractivity contribution < 1.29 is 19.1 Å².